The molecule has 0 amide bonds. The highest BCUT2D eigenvalue weighted by Gasteiger charge is 2.31. The molecule has 1 unspecified atom stereocenters. The third-order valence-electron chi connectivity index (χ3n) is 5.94. The Kier molecular flexibility index (Phi) is 8.66. The van der Waals surface area contributed by atoms with Gasteiger partial charge in [0, 0.05) is 25.1 Å². The van der Waals surface area contributed by atoms with Crippen LogP contribution in [-0.4, -0.2) is 57.4 Å². The molecule has 0 radical (unpaired) electrons. The highest BCUT2D eigenvalue weighted by molar-refractivity contribution is 7.91. The van der Waals surface area contributed by atoms with Gasteiger partial charge in [0.2, 0.25) is 5.88 Å². The number of benzene rings is 1. The summed E-state index contributed by atoms with van der Waals surface area (Å²) in [5, 5.41) is 7.06. The Labute approximate surface area is 226 Å². The van der Waals surface area contributed by atoms with Crippen molar-refractivity contribution in [3.05, 3.63) is 40.8 Å². The fraction of sp³-hybridized carbons (Fsp3) is 0.400. The molecule has 1 aliphatic heterocycles. The average molecular weight is 585 g/mol. The van der Waals surface area contributed by atoms with Gasteiger partial charge in [0.1, 0.15) is 16.5 Å². The van der Waals surface area contributed by atoms with Crippen LogP contribution in [0, 0.1) is 16.6 Å². The zero-order chi connectivity index (χ0) is 27.5. The van der Waals surface area contributed by atoms with Crippen molar-refractivity contribution in [2.45, 2.75) is 36.5 Å². The lowest BCUT2D eigenvalue weighted by atomic mass is 10.1. The molecule has 2 aromatic heterocycles. The van der Waals surface area contributed by atoms with Gasteiger partial charge in [0.15, 0.2) is 0 Å². The van der Waals surface area contributed by atoms with Crippen molar-refractivity contribution in [3.8, 4) is 17.7 Å². The van der Waals surface area contributed by atoms with E-state index in [0.717, 1.165) is 23.2 Å². The SMILES string of the molecule is COc1nc(S(C)(=N)=O)ccc1NCC#Cc1sc2c(NC3CC[S+]([O-])CC3)cccc2c1CC(F)(F)F. The molecule has 0 aliphatic carbocycles. The minimum Gasteiger partial charge on any atom is -0.616 e. The maximum absolute atomic E-state index is 13.5. The van der Waals surface area contributed by atoms with E-state index in [1.165, 1.54) is 30.8 Å². The van der Waals surface area contributed by atoms with E-state index >= 15 is 0 Å². The van der Waals surface area contributed by atoms with Gasteiger partial charge in [-0.1, -0.05) is 35.1 Å². The minimum absolute atomic E-state index is 0.0824. The summed E-state index contributed by atoms with van der Waals surface area (Å²) in [6.07, 6.45) is -2.72. The Bertz CT molecular complexity index is 1470. The molecule has 0 saturated carbocycles. The van der Waals surface area contributed by atoms with Gasteiger partial charge in [-0.15, -0.1) is 11.3 Å². The van der Waals surface area contributed by atoms with Crippen molar-refractivity contribution in [2.24, 2.45) is 0 Å². The fourth-order valence-corrected chi connectivity index (χ4v) is 7.17. The van der Waals surface area contributed by atoms with Gasteiger partial charge in [-0.05, 0) is 29.1 Å². The summed E-state index contributed by atoms with van der Waals surface area (Å²) in [7, 11) is -1.63. The summed E-state index contributed by atoms with van der Waals surface area (Å²) >= 11 is 0.422. The smallest absolute Gasteiger partial charge is 0.393 e. The molecule has 1 aliphatic rings. The first-order chi connectivity index (χ1) is 17.9. The van der Waals surface area contributed by atoms with Crippen LogP contribution in [0.1, 0.15) is 23.3 Å². The summed E-state index contributed by atoms with van der Waals surface area (Å²) in [5.41, 5.74) is 1.37. The zero-order valence-corrected chi connectivity index (χ0v) is 23.2. The number of nitrogens with zero attached hydrogens (tertiary/aromatic N) is 1. The molecule has 1 atom stereocenters. The molecule has 1 saturated heterocycles. The van der Waals surface area contributed by atoms with Crippen LogP contribution in [0.25, 0.3) is 10.1 Å². The molecular weight excluding hydrogens is 557 g/mol. The number of pyridine rings is 1. The van der Waals surface area contributed by atoms with E-state index in [-0.39, 0.29) is 29.1 Å². The predicted molar refractivity (Wildman–Crippen MR) is 147 cm³/mol. The quantitative estimate of drug-likeness (QED) is 0.259. The number of methoxy groups -OCH3 is 1. The summed E-state index contributed by atoms with van der Waals surface area (Å²) in [6.45, 7) is 0.101. The van der Waals surface area contributed by atoms with Crippen molar-refractivity contribution in [3.63, 3.8) is 0 Å². The Morgan fingerprint density at radius 1 is 1.26 bits per heavy atom. The van der Waals surface area contributed by atoms with Crippen LogP contribution < -0.4 is 15.4 Å². The van der Waals surface area contributed by atoms with E-state index in [4.69, 9.17) is 9.52 Å². The molecule has 7 nitrogen and oxygen atoms in total. The zero-order valence-electron chi connectivity index (χ0n) is 20.7. The van der Waals surface area contributed by atoms with Gasteiger partial charge >= 0.3 is 6.18 Å². The fourth-order valence-electron chi connectivity index (χ4n) is 4.11. The Balaban J connectivity index is 1.59. The second-order valence-electron chi connectivity index (χ2n) is 8.86. The summed E-state index contributed by atoms with van der Waals surface area (Å²) in [6, 6.07) is 8.44. The maximum Gasteiger partial charge on any atom is 0.393 e. The first-order valence-electron chi connectivity index (χ1n) is 11.7. The molecule has 3 aromatic rings. The predicted octanol–water partition coefficient (Wildman–Crippen LogP) is 5.23. The largest absolute Gasteiger partial charge is 0.616 e. The van der Waals surface area contributed by atoms with Crippen LogP contribution in [0.2, 0.25) is 0 Å². The van der Waals surface area contributed by atoms with E-state index < -0.39 is 33.5 Å². The van der Waals surface area contributed by atoms with Crippen LogP contribution in [0.15, 0.2) is 35.4 Å². The van der Waals surface area contributed by atoms with Crippen LogP contribution in [0.5, 0.6) is 5.88 Å². The summed E-state index contributed by atoms with van der Waals surface area (Å²) in [5.74, 6) is 7.17. The molecule has 204 valence electrons. The second kappa shape index (κ2) is 11.6. The number of halogens is 3. The number of thiophene rings is 1. The molecule has 3 heterocycles. The lowest BCUT2D eigenvalue weighted by Gasteiger charge is -2.26. The van der Waals surface area contributed by atoms with Crippen molar-refractivity contribution >= 4 is 53.7 Å². The van der Waals surface area contributed by atoms with E-state index in [9.17, 15) is 21.9 Å². The number of hydrogen-bond donors (Lipinski definition) is 3. The molecule has 13 heteroatoms. The molecule has 4 rings (SSSR count). The Hall–Kier alpha value is -2.66. The van der Waals surface area contributed by atoms with Crippen molar-refractivity contribution in [1.82, 2.24) is 4.98 Å². The number of rotatable bonds is 7. The van der Waals surface area contributed by atoms with Gasteiger partial charge < -0.3 is 19.9 Å². The van der Waals surface area contributed by atoms with Crippen LogP contribution in [0.4, 0.5) is 24.5 Å². The maximum atomic E-state index is 13.5. The van der Waals surface area contributed by atoms with Gasteiger partial charge in [-0.25, -0.2) is 14.0 Å². The molecule has 0 bridgehead atoms. The number of nitrogens with one attached hydrogen (secondary N) is 3. The molecular formula is C25H27F3N4O3S3. The third kappa shape index (κ3) is 7.05. The lowest BCUT2D eigenvalue weighted by molar-refractivity contribution is -0.126. The summed E-state index contributed by atoms with van der Waals surface area (Å²) < 4.78 is 77.7. The van der Waals surface area contributed by atoms with Crippen LogP contribution in [0.3, 0.4) is 0 Å². The first kappa shape index (κ1) is 28.4. The molecule has 1 fully saturated rings. The minimum atomic E-state index is -4.39. The number of alkyl halides is 3. The van der Waals surface area contributed by atoms with E-state index in [1.807, 2.05) is 6.07 Å². The highest BCUT2D eigenvalue weighted by Crippen LogP contribution is 2.39. The van der Waals surface area contributed by atoms with Crippen molar-refractivity contribution in [2.75, 3.05) is 42.0 Å². The number of anilines is 2. The molecule has 38 heavy (non-hydrogen) atoms. The monoisotopic (exact) mass is 584 g/mol. The van der Waals surface area contributed by atoms with Crippen LogP contribution in [-0.2, 0) is 27.3 Å². The topological polar surface area (TPSA) is 110 Å². The van der Waals surface area contributed by atoms with Gasteiger partial charge in [-0.2, -0.15) is 13.2 Å². The standard InChI is InChI=1S/C25H27F3N4O3S3/c1-35-24-20(8-9-22(32-24)38(2,29)34)30-12-4-7-21-18(15-25(26,27)28)17-5-3-6-19(23(17)36-21)31-16-10-13-37(33)14-11-16/h3,5-6,8-9,16,29-31H,10-15H2,1-2H3. The van der Waals surface area contributed by atoms with Crippen LogP contribution >= 0.6 is 11.3 Å². The highest BCUT2D eigenvalue weighted by atomic mass is 32.2. The number of aromatic nitrogens is 1. The van der Waals surface area contributed by atoms with Gasteiger partial charge in [0.05, 0.1) is 50.8 Å². The van der Waals surface area contributed by atoms with E-state index in [0.29, 0.717) is 27.5 Å². The Morgan fingerprint density at radius 2 is 2.00 bits per heavy atom. The second-order valence-corrected chi connectivity index (χ2v) is 13.7. The van der Waals surface area contributed by atoms with Crippen molar-refractivity contribution in [1.29, 1.82) is 4.78 Å². The van der Waals surface area contributed by atoms with E-state index in [2.05, 4.69) is 27.5 Å². The lowest BCUT2D eigenvalue weighted by Crippen LogP contribution is -2.32. The first-order valence-corrected chi connectivity index (χ1v) is 16.0. The normalized spacial score (nSPS) is 19.3. The number of fused-ring (bicyclic) bond motifs is 1. The molecule has 0 spiro atoms. The molecule has 3 N–H and O–H groups in total. The molecule has 1 aromatic carbocycles. The van der Waals surface area contributed by atoms with Crippen molar-refractivity contribution < 1.29 is 26.7 Å². The third-order valence-corrected chi connectivity index (χ3v) is 9.54. The number of hydrogen-bond acceptors (Lipinski definition) is 8. The van der Waals surface area contributed by atoms with Gasteiger partial charge in [0.25, 0.3) is 0 Å². The average Bonchev–Trinajstić information content (AvgIpc) is 3.19. The van der Waals surface area contributed by atoms with E-state index in [1.54, 1.807) is 18.2 Å². The summed E-state index contributed by atoms with van der Waals surface area (Å²) in [4.78, 5) is 4.45. The van der Waals surface area contributed by atoms with Gasteiger partial charge in [-0.3, -0.25) is 0 Å². The Morgan fingerprint density at radius 3 is 2.66 bits per heavy atom. The number of ether oxygens (including phenoxy) is 1.